The lowest BCUT2D eigenvalue weighted by Crippen LogP contribution is -2.37. The topological polar surface area (TPSA) is 93.5 Å². The first-order chi connectivity index (χ1) is 14.4. The molecule has 0 unspecified atom stereocenters. The van der Waals surface area contributed by atoms with E-state index in [1.807, 2.05) is 12.1 Å². The minimum Gasteiger partial charge on any atom is -0.370 e. The Morgan fingerprint density at radius 2 is 1.73 bits per heavy atom. The summed E-state index contributed by atoms with van der Waals surface area (Å²) >= 11 is 3.28. The molecule has 0 aromatic heterocycles. The first kappa shape index (κ1) is 22.3. The first-order valence-corrected chi connectivity index (χ1v) is 11.9. The van der Waals surface area contributed by atoms with Crippen LogP contribution in [0.5, 0.6) is 0 Å². The average molecular weight is 491 g/mol. The summed E-state index contributed by atoms with van der Waals surface area (Å²) in [6.07, 6.45) is 0.947. The van der Waals surface area contributed by atoms with Crippen LogP contribution in [-0.2, 0) is 14.8 Å². The van der Waals surface area contributed by atoms with Crippen LogP contribution >= 0.6 is 15.9 Å². The Kier molecular flexibility index (Phi) is 7.48. The lowest BCUT2D eigenvalue weighted by Gasteiger charge is -2.24. The Hall–Kier alpha value is -2.41. The molecule has 0 atom stereocenters. The molecule has 1 heterocycles. The van der Waals surface area contributed by atoms with Crippen molar-refractivity contribution in [2.45, 2.75) is 17.7 Å². The van der Waals surface area contributed by atoms with Crippen LogP contribution in [0.25, 0.3) is 0 Å². The molecule has 30 heavy (non-hydrogen) atoms. The van der Waals surface area contributed by atoms with E-state index in [4.69, 9.17) is 5.26 Å². The van der Waals surface area contributed by atoms with E-state index in [-0.39, 0.29) is 23.8 Å². The fourth-order valence-corrected chi connectivity index (χ4v) is 4.62. The number of halogens is 1. The molecule has 1 aliphatic heterocycles. The molecule has 2 aromatic carbocycles. The Morgan fingerprint density at radius 1 is 1.03 bits per heavy atom. The molecule has 1 fully saturated rings. The third-order valence-corrected chi connectivity index (χ3v) is 6.97. The summed E-state index contributed by atoms with van der Waals surface area (Å²) in [5.74, 6) is -0.0600. The van der Waals surface area contributed by atoms with Crippen molar-refractivity contribution in [3.63, 3.8) is 0 Å². The van der Waals surface area contributed by atoms with E-state index in [9.17, 15) is 13.2 Å². The maximum Gasteiger partial charge on any atom is 0.240 e. The average Bonchev–Trinajstić information content (AvgIpc) is 3.00. The lowest BCUT2D eigenvalue weighted by molar-refractivity contribution is -0.130. The maximum absolute atomic E-state index is 12.6. The number of nitrogens with one attached hydrogen (secondary N) is 1. The van der Waals surface area contributed by atoms with Crippen LogP contribution in [0.1, 0.15) is 18.4 Å². The molecule has 1 aliphatic rings. The van der Waals surface area contributed by atoms with Crippen LogP contribution in [0, 0.1) is 11.3 Å². The van der Waals surface area contributed by atoms with Crippen molar-refractivity contribution < 1.29 is 13.2 Å². The molecule has 1 amide bonds. The third kappa shape index (κ3) is 5.81. The molecule has 0 radical (unpaired) electrons. The van der Waals surface area contributed by atoms with Gasteiger partial charge < -0.3 is 9.80 Å². The van der Waals surface area contributed by atoms with Crippen molar-refractivity contribution in [1.29, 1.82) is 5.26 Å². The SMILES string of the molecule is N#Cc1ccc(N2CCCN(C(=O)CCNS(=O)(=O)c3ccc(Br)cc3)CC2)cc1. The predicted molar refractivity (Wildman–Crippen MR) is 119 cm³/mol. The highest BCUT2D eigenvalue weighted by atomic mass is 79.9. The van der Waals surface area contributed by atoms with E-state index in [0.717, 1.165) is 23.1 Å². The van der Waals surface area contributed by atoms with Gasteiger partial charge in [0.15, 0.2) is 0 Å². The summed E-state index contributed by atoms with van der Waals surface area (Å²) in [6.45, 7) is 2.81. The van der Waals surface area contributed by atoms with E-state index in [2.05, 4.69) is 31.6 Å². The van der Waals surface area contributed by atoms with E-state index < -0.39 is 10.0 Å². The standard InChI is InChI=1S/C21H23BrN4O3S/c22-18-4-8-20(9-5-18)30(28,29)24-11-10-21(27)26-13-1-12-25(14-15-26)19-6-2-17(16-23)3-7-19/h2-9,24H,1,10-15H2. The zero-order valence-corrected chi connectivity index (χ0v) is 18.8. The van der Waals surface area contributed by atoms with Crippen LogP contribution in [0.2, 0.25) is 0 Å². The number of nitrogens with zero attached hydrogens (tertiary/aromatic N) is 3. The number of carbonyl (C=O) groups excluding carboxylic acids is 1. The van der Waals surface area contributed by atoms with Gasteiger partial charge in [-0.2, -0.15) is 5.26 Å². The van der Waals surface area contributed by atoms with Crippen molar-refractivity contribution in [2.24, 2.45) is 0 Å². The van der Waals surface area contributed by atoms with Crippen LogP contribution in [0.4, 0.5) is 5.69 Å². The fraction of sp³-hybridized carbons (Fsp3) is 0.333. The summed E-state index contributed by atoms with van der Waals surface area (Å²) < 4.78 is 27.9. The lowest BCUT2D eigenvalue weighted by atomic mass is 10.2. The zero-order valence-electron chi connectivity index (χ0n) is 16.4. The second-order valence-corrected chi connectivity index (χ2v) is 9.66. The number of hydrogen-bond donors (Lipinski definition) is 1. The van der Waals surface area contributed by atoms with Gasteiger partial charge in [0.25, 0.3) is 0 Å². The van der Waals surface area contributed by atoms with Crippen LogP contribution in [0.3, 0.4) is 0 Å². The molecule has 0 aliphatic carbocycles. The summed E-state index contributed by atoms with van der Waals surface area (Å²) in [5, 5.41) is 8.92. The van der Waals surface area contributed by atoms with Gasteiger partial charge in [-0.05, 0) is 55.0 Å². The molecule has 0 spiro atoms. The Labute approximate surface area is 185 Å². The molecule has 2 aromatic rings. The zero-order chi connectivity index (χ0) is 21.6. The highest BCUT2D eigenvalue weighted by Gasteiger charge is 2.20. The van der Waals surface area contributed by atoms with Gasteiger partial charge in [0.2, 0.25) is 15.9 Å². The number of rotatable bonds is 6. The van der Waals surface area contributed by atoms with Crippen LogP contribution in [-0.4, -0.2) is 51.9 Å². The first-order valence-electron chi connectivity index (χ1n) is 9.67. The molecular formula is C21H23BrN4O3S. The van der Waals surface area contributed by atoms with E-state index in [1.54, 1.807) is 29.2 Å². The summed E-state index contributed by atoms with van der Waals surface area (Å²) in [4.78, 5) is 16.7. The number of hydrogen-bond acceptors (Lipinski definition) is 5. The molecular weight excluding hydrogens is 468 g/mol. The minimum atomic E-state index is -3.63. The number of amides is 1. The molecule has 0 saturated carbocycles. The fourth-order valence-electron chi connectivity index (χ4n) is 3.32. The van der Waals surface area contributed by atoms with Crippen LogP contribution in [0.15, 0.2) is 57.9 Å². The monoisotopic (exact) mass is 490 g/mol. The van der Waals surface area contributed by atoms with Gasteiger partial charge in [-0.1, -0.05) is 15.9 Å². The van der Waals surface area contributed by atoms with Gasteiger partial charge in [-0.15, -0.1) is 0 Å². The number of benzene rings is 2. The van der Waals surface area contributed by atoms with Gasteiger partial charge >= 0.3 is 0 Å². The summed E-state index contributed by atoms with van der Waals surface area (Å²) in [7, 11) is -3.63. The molecule has 1 N–H and O–H groups in total. The molecule has 9 heteroatoms. The number of anilines is 1. The molecule has 0 bridgehead atoms. The third-order valence-electron chi connectivity index (χ3n) is 4.97. The van der Waals surface area contributed by atoms with Crippen molar-refractivity contribution >= 4 is 37.5 Å². The quantitative estimate of drug-likeness (QED) is 0.671. The molecule has 3 rings (SSSR count). The van der Waals surface area contributed by atoms with Gasteiger partial charge in [0.1, 0.15) is 0 Å². The van der Waals surface area contributed by atoms with Crippen molar-refractivity contribution in [3.8, 4) is 6.07 Å². The second-order valence-electron chi connectivity index (χ2n) is 6.98. The molecule has 158 valence electrons. The number of sulfonamides is 1. The normalized spacial score (nSPS) is 14.8. The largest absolute Gasteiger partial charge is 0.370 e. The van der Waals surface area contributed by atoms with Gasteiger partial charge in [-0.3, -0.25) is 4.79 Å². The van der Waals surface area contributed by atoms with Gasteiger partial charge in [-0.25, -0.2) is 13.1 Å². The maximum atomic E-state index is 12.6. The smallest absolute Gasteiger partial charge is 0.240 e. The van der Waals surface area contributed by atoms with Gasteiger partial charge in [0, 0.05) is 49.3 Å². The summed E-state index contributed by atoms with van der Waals surface area (Å²) in [5.41, 5.74) is 1.65. The van der Waals surface area contributed by atoms with E-state index >= 15 is 0 Å². The Morgan fingerprint density at radius 3 is 2.40 bits per heavy atom. The van der Waals surface area contributed by atoms with Crippen molar-refractivity contribution in [2.75, 3.05) is 37.6 Å². The Bertz CT molecular complexity index is 1020. The number of nitriles is 1. The Balaban J connectivity index is 1.50. The van der Waals surface area contributed by atoms with Gasteiger partial charge in [0.05, 0.1) is 16.5 Å². The summed E-state index contributed by atoms with van der Waals surface area (Å²) in [6, 6.07) is 15.9. The molecule has 1 saturated heterocycles. The second kappa shape index (κ2) is 10.1. The molecule has 7 nitrogen and oxygen atoms in total. The highest BCUT2D eigenvalue weighted by Crippen LogP contribution is 2.18. The van der Waals surface area contributed by atoms with Crippen molar-refractivity contribution in [1.82, 2.24) is 9.62 Å². The minimum absolute atomic E-state index is 0.0600. The van der Waals surface area contributed by atoms with E-state index in [0.29, 0.717) is 25.2 Å². The predicted octanol–water partition coefficient (Wildman–Crippen LogP) is 2.73. The number of carbonyl (C=O) groups is 1. The van der Waals surface area contributed by atoms with Crippen LogP contribution < -0.4 is 9.62 Å². The van der Waals surface area contributed by atoms with Crippen molar-refractivity contribution in [3.05, 3.63) is 58.6 Å². The van der Waals surface area contributed by atoms with E-state index in [1.165, 1.54) is 12.1 Å². The highest BCUT2D eigenvalue weighted by molar-refractivity contribution is 9.10.